The molecule has 5 nitrogen and oxygen atoms in total. The molecular weight excluding hydrogens is 270 g/mol. The van der Waals surface area contributed by atoms with Crippen molar-refractivity contribution >= 4 is 11.6 Å². The van der Waals surface area contributed by atoms with Crippen molar-refractivity contribution in [2.45, 2.75) is 73.5 Å². The van der Waals surface area contributed by atoms with Crippen LogP contribution >= 0.6 is 0 Å². The van der Waals surface area contributed by atoms with Crippen LogP contribution in [0.3, 0.4) is 0 Å². The van der Waals surface area contributed by atoms with E-state index in [0.717, 1.165) is 6.42 Å². The van der Waals surface area contributed by atoms with Gasteiger partial charge in [0.25, 0.3) is 0 Å². The molecule has 0 saturated carbocycles. The minimum atomic E-state index is -0.856. The Hall–Kier alpha value is -0.780. The second-order valence-electron chi connectivity index (χ2n) is 5.51. The van der Waals surface area contributed by atoms with E-state index in [9.17, 15) is 9.59 Å². The number of rotatable bonds is 8. The molecule has 0 radical (unpaired) electrons. The summed E-state index contributed by atoms with van der Waals surface area (Å²) in [7, 11) is 0. The van der Waals surface area contributed by atoms with Gasteiger partial charge in [-0.15, -0.1) is 0 Å². The maximum Gasteiger partial charge on any atom is 0.163 e. The molecule has 2 atom stereocenters. The smallest absolute Gasteiger partial charge is 0.163 e. The number of nitrogens with two attached hydrogens (primary N) is 1. The second-order valence-corrected chi connectivity index (χ2v) is 5.51. The molecule has 0 aromatic carbocycles. The average molecular weight is 305 g/mol. The lowest BCUT2D eigenvalue weighted by atomic mass is 10.0. The van der Waals surface area contributed by atoms with E-state index in [1.54, 1.807) is 27.7 Å². The third kappa shape index (κ3) is 12.7. The molecule has 128 valence electrons. The zero-order valence-electron chi connectivity index (χ0n) is 13.4. The average Bonchev–Trinajstić information content (AvgIpc) is 2.37. The maximum atomic E-state index is 11.0. The van der Waals surface area contributed by atoms with Gasteiger partial charge in [0.15, 0.2) is 11.6 Å². The number of carbonyl (C=O) groups excluding carboxylic acids is 2. The third-order valence-corrected chi connectivity index (χ3v) is 2.80. The molecule has 0 rings (SSSR count). The van der Waals surface area contributed by atoms with Gasteiger partial charge in [0, 0.05) is 11.8 Å². The number of Topliss-reactive ketones (excluding diaryl/α,β-unsaturated/α-hetero) is 2. The number of carbonyl (C=O) groups is 2. The SMILES string of the molecule is C.CC(C)C(=O)C(O)CCN.CCCC(O)C(=O)C(C)C. The molecule has 0 aliphatic heterocycles. The topological polar surface area (TPSA) is 101 Å². The van der Waals surface area contributed by atoms with E-state index in [4.69, 9.17) is 15.9 Å². The van der Waals surface area contributed by atoms with Crippen LogP contribution in [-0.4, -0.2) is 40.5 Å². The Morgan fingerprint density at radius 1 is 0.905 bits per heavy atom. The van der Waals surface area contributed by atoms with Gasteiger partial charge >= 0.3 is 0 Å². The highest BCUT2D eigenvalue weighted by molar-refractivity contribution is 5.84. The normalized spacial score (nSPS) is 13.0. The predicted molar refractivity (Wildman–Crippen MR) is 87.0 cm³/mol. The monoisotopic (exact) mass is 305 g/mol. The molecule has 0 aromatic heterocycles. The summed E-state index contributed by atoms with van der Waals surface area (Å²) in [5.41, 5.74) is 5.16. The first kappa shape index (κ1) is 25.2. The maximum absolute atomic E-state index is 11.0. The molecule has 0 bridgehead atoms. The second kappa shape index (κ2) is 14.2. The molecule has 5 heteroatoms. The van der Waals surface area contributed by atoms with Crippen molar-refractivity contribution in [3.05, 3.63) is 0 Å². The first-order valence-electron chi connectivity index (χ1n) is 7.32. The number of aliphatic hydroxyl groups excluding tert-OH is 2. The van der Waals surface area contributed by atoms with Crippen LogP contribution in [0.5, 0.6) is 0 Å². The molecule has 0 fully saturated rings. The third-order valence-electron chi connectivity index (χ3n) is 2.80. The van der Waals surface area contributed by atoms with Gasteiger partial charge in [-0.3, -0.25) is 9.59 Å². The van der Waals surface area contributed by atoms with Gasteiger partial charge in [-0.1, -0.05) is 48.5 Å². The minimum Gasteiger partial charge on any atom is -0.385 e. The fraction of sp³-hybridized carbons (Fsp3) is 0.875. The van der Waals surface area contributed by atoms with Gasteiger partial charge in [0.05, 0.1) is 0 Å². The molecule has 0 amide bonds. The molecule has 0 aliphatic carbocycles. The first-order valence-corrected chi connectivity index (χ1v) is 7.32. The van der Waals surface area contributed by atoms with Crippen LogP contribution in [0, 0.1) is 11.8 Å². The first-order chi connectivity index (χ1) is 9.18. The van der Waals surface area contributed by atoms with E-state index in [1.165, 1.54) is 0 Å². The van der Waals surface area contributed by atoms with Crippen molar-refractivity contribution in [2.75, 3.05) is 6.54 Å². The Morgan fingerprint density at radius 2 is 1.24 bits per heavy atom. The lowest BCUT2D eigenvalue weighted by Crippen LogP contribution is -2.27. The molecule has 0 spiro atoms. The summed E-state index contributed by atoms with van der Waals surface area (Å²) < 4.78 is 0. The Morgan fingerprint density at radius 3 is 1.48 bits per heavy atom. The number of hydrogen-bond donors (Lipinski definition) is 3. The number of hydrogen-bond acceptors (Lipinski definition) is 5. The zero-order chi connectivity index (χ0) is 16.3. The summed E-state index contributed by atoms with van der Waals surface area (Å²) in [6.45, 7) is 9.46. The summed E-state index contributed by atoms with van der Waals surface area (Å²) in [5.74, 6) is -0.296. The van der Waals surface area contributed by atoms with Gasteiger partial charge in [0.1, 0.15) is 12.2 Å². The fourth-order valence-corrected chi connectivity index (χ4v) is 1.49. The quantitative estimate of drug-likeness (QED) is 0.636. The summed E-state index contributed by atoms with van der Waals surface area (Å²) in [4.78, 5) is 21.9. The van der Waals surface area contributed by atoms with Crippen molar-refractivity contribution in [3.63, 3.8) is 0 Å². The van der Waals surface area contributed by atoms with Crippen LogP contribution < -0.4 is 5.73 Å². The number of aliphatic hydroxyl groups is 2. The van der Waals surface area contributed by atoms with Gasteiger partial charge in [-0.05, 0) is 19.4 Å². The lowest BCUT2D eigenvalue weighted by Gasteiger charge is -2.09. The van der Waals surface area contributed by atoms with E-state index >= 15 is 0 Å². The van der Waals surface area contributed by atoms with E-state index in [1.807, 2.05) is 6.92 Å². The van der Waals surface area contributed by atoms with Crippen LogP contribution in [0.15, 0.2) is 0 Å². The molecule has 0 aliphatic rings. The molecule has 21 heavy (non-hydrogen) atoms. The Kier molecular flexibility index (Phi) is 17.0. The summed E-state index contributed by atoms with van der Waals surface area (Å²) in [6.07, 6.45) is 0.239. The van der Waals surface area contributed by atoms with Crippen molar-refractivity contribution < 1.29 is 19.8 Å². The fourth-order valence-electron chi connectivity index (χ4n) is 1.49. The highest BCUT2D eigenvalue weighted by Crippen LogP contribution is 2.04. The Labute approximate surface area is 129 Å². The largest absolute Gasteiger partial charge is 0.385 e. The van der Waals surface area contributed by atoms with Crippen LogP contribution in [-0.2, 0) is 9.59 Å². The van der Waals surface area contributed by atoms with Crippen molar-refractivity contribution in [1.29, 1.82) is 0 Å². The van der Waals surface area contributed by atoms with E-state index in [0.29, 0.717) is 19.4 Å². The highest BCUT2D eigenvalue weighted by Gasteiger charge is 2.17. The molecule has 0 heterocycles. The van der Waals surface area contributed by atoms with Gasteiger partial charge in [-0.2, -0.15) is 0 Å². The Bertz CT molecular complexity index is 249. The lowest BCUT2D eigenvalue weighted by molar-refractivity contribution is -0.130. The van der Waals surface area contributed by atoms with E-state index < -0.39 is 12.2 Å². The molecule has 0 saturated heterocycles. The predicted octanol–water partition coefficient (Wildman–Crippen LogP) is 1.93. The standard InChI is InChI=1S/C8H16O2.C7H15NO2.CH4/c1-4-5-7(9)8(10)6(2)3;1-5(2)7(10)6(9)3-4-8;/h6-7,9H,4-5H2,1-3H3;5-6,9H,3-4,8H2,1-2H3;1H4. The van der Waals surface area contributed by atoms with Crippen LogP contribution in [0.2, 0.25) is 0 Å². The van der Waals surface area contributed by atoms with Crippen LogP contribution in [0.4, 0.5) is 0 Å². The summed E-state index contributed by atoms with van der Waals surface area (Å²) in [5, 5.41) is 18.2. The summed E-state index contributed by atoms with van der Waals surface area (Å²) in [6, 6.07) is 0. The molecule has 2 unspecified atom stereocenters. The van der Waals surface area contributed by atoms with E-state index in [-0.39, 0.29) is 30.8 Å². The minimum absolute atomic E-state index is 0. The highest BCUT2D eigenvalue weighted by atomic mass is 16.3. The molecule has 0 aromatic rings. The van der Waals surface area contributed by atoms with E-state index in [2.05, 4.69) is 0 Å². The number of ketones is 2. The van der Waals surface area contributed by atoms with Gasteiger partial charge < -0.3 is 15.9 Å². The van der Waals surface area contributed by atoms with Gasteiger partial charge in [0.2, 0.25) is 0 Å². The summed E-state index contributed by atoms with van der Waals surface area (Å²) >= 11 is 0. The van der Waals surface area contributed by atoms with Crippen molar-refractivity contribution in [1.82, 2.24) is 0 Å². The van der Waals surface area contributed by atoms with Crippen LogP contribution in [0.25, 0.3) is 0 Å². The van der Waals surface area contributed by atoms with Crippen molar-refractivity contribution in [2.24, 2.45) is 17.6 Å². The van der Waals surface area contributed by atoms with Gasteiger partial charge in [-0.25, -0.2) is 0 Å². The molecule has 4 N–H and O–H groups in total. The Balaban J connectivity index is -0.000000295. The zero-order valence-corrected chi connectivity index (χ0v) is 13.4. The van der Waals surface area contributed by atoms with Crippen molar-refractivity contribution in [3.8, 4) is 0 Å². The van der Waals surface area contributed by atoms with Crippen LogP contribution in [0.1, 0.15) is 61.3 Å². The molecular formula is C16H35NO4.